The Morgan fingerprint density at radius 2 is 2.44 bits per heavy atom. The van der Waals surface area contributed by atoms with Crippen LogP contribution in [0.15, 0.2) is 29.9 Å². The summed E-state index contributed by atoms with van der Waals surface area (Å²) in [6.45, 7) is 4.74. The third kappa shape index (κ3) is 3.10. The van der Waals surface area contributed by atoms with Crippen molar-refractivity contribution in [1.29, 1.82) is 0 Å². The van der Waals surface area contributed by atoms with Crippen molar-refractivity contribution in [3.8, 4) is 0 Å². The quantitative estimate of drug-likeness (QED) is 0.892. The zero-order valence-corrected chi connectivity index (χ0v) is 11.2. The molecule has 0 fully saturated rings. The van der Waals surface area contributed by atoms with Gasteiger partial charge in [0.2, 0.25) is 0 Å². The van der Waals surface area contributed by atoms with Crippen molar-refractivity contribution in [3.63, 3.8) is 0 Å². The highest BCUT2D eigenvalue weighted by atomic mass is 32.1. The number of carbonyl (C=O) groups excluding carboxylic acids is 1. The van der Waals surface area contributed by atoms with Gasteiger partial charge in [-0.2, -0.15) is 5.10 Å². The highest BCUT2D eigenvalue weighted by molar-refractivity contribution is 7.10. The summed E-state index contributed by atoms with van der Waals surface area (Å²) in [4.78, 5) is 12.9. The molecule has 6 heteroatoms. The Labute approximate surface area is 110 Å². The molecule has 2 rings (SSSR count). The Bertz CT molecular complexity index is 506. The second-order valence-corrected chi connectivity index (χ2v) is 4.90. The summed E-state index contributed by atoms with van der Waals surface area (Å²) in [5.41, 5.74) is 0.702. The van der Waals surface area contributed by atoms with E-state index < -0.39 is 0 Å². The van der Waals surface area contributed by atoms with Gasteiger partial charge >= 0.3 is 6.03 Å². The van der Waals surface area contributed by atoms with E-state index in [2.05, 4.69) is 15.7 Å². The molecule has 0 aliphatic carbocycles. The highest BCUT2D eigenvalue weighted by Gasteiger charge is 2.10. The molecule has 5 nitrogen and oxygen atoms in total. The van der Waals surface area contributed by atoms with Gasteiger partial charge in [-0.25, -0.2) is 4.79 Å². The Morgan fingerprint density at radius 3 is 3.06 bits per heavy atom. The minimum atomic E-state index is -0.216. The Morgan fingerprint density at radius 1 is 1.61 bits per heavy atom. The molecule has 0 spiro atoms. The smallest absolute Gasteiger partial charge is 0.319 e. The van der Waals surface area contributed by atoms with Gasteiger partial charge in [-0.1, -0.05) is 6.07 Å². The average Bonchev–Trinajstić information content (AvgIpc) is 2.98. The van der Waals surface area contributed by atoms with Crippen molar-refractivity contribution in [2.24, 2.45) is 0 Å². The Kier molecular flexibility index (Phi) is 3.99. The third-order valence-electron chi connectivity index (χ3n) is 2.53. The van der Waals surface area contributed by atoms with Crippen LogP contribution in [0.1, 0.15) is 24.8 Å². The molecule has 96 valence electrons. The number of anilines is 1. The number of urea groups is 1. The largest absolute Gasteiger partial charge is 0.331 e. The lowest BCUT2D eigenvalue weighted by molar-refractivity contribution is 0.249. The molecular weight excluding hydrogens is 248 g/mol. The Hall–Kier alpha value is -1.82. The van der Waals surface area contributed by atoms with E-state index in [0.29, 0.717) is 5.69 Å². The van der Waals surface area contributed by atoms with Crippen molar-refractivity contribution >= 4 is 23.1 Å². The van der Waals surface area contributed by atoms with Crippen LogP contribution >= 0.6 is 11.3 Å². The van der Waals surface area contributed by atoms with Crippen LogP contribution in [0.4, 0.5) is 10.5 Å². The lowest BCUT2D eigenvalue weighted by Gasteiger charge is -2.12. The number of nitrogens with one attached hydrogen (secondary N) is 2. The van der Waals surface area contributed by atoms with Crippen LogP contribution in [0, 0.1) is 0 Å². The fourth-order valence-corrected chi connectivity index (χ4v) is 2.31. The van der Waals surface area contributed by atoms with Gasteiger partial charge in [0.1, 0.15) is 0 Å². The molecule has 0 bridgehead atoms. The van der Waals surface area contributed by atoms with Gasteiger partial charge < -0.3 is 10.6 Å². The first kappa shape index (κ1) is 12.6. The van der Waals surface area contributed by atoms with E-state index in [1.165, 1.54) is 0 Å². The molecule has 1 atom stereocenters. The minimum Gasteiger partial charge on any atom is -0.331 e. The molecule has 0 unspecified atom stereocenters. The zero-order valence-electron chi connectivity index (χ0n) is 10.4. The van der Waals surface area contributed by atoms with E-state index >= 15 is 0 Å². The van der Waals surface area contributed by atoms with Crippen LogP contribution in [-0.2, 0) is 6.54 Å². The minimum absolute atomic E-state index is 0.00576. The lowest BCUT2D eigenvalue weighted by atomic mass is 10.3. The van der Waals surface area contributed by atoms with E-state index in [-0.39, 0.29) is 12.1 Å². The number of thiophene rings is 1. The topological polar surface area (TPSA) is 59.0 Å². The number of hydrogen-bond donors (Lipinski definition) is 2. The monoisotopic (exact) mass is 264 g/mol. The normalized spacial score (nSPS) is 12.1. The number of hydrogen-bond acceptors (Lipinski definition) is 3. The SMILES string of the molecule is CCn1cc(NC(=O)N[C@H](C)c2cccs2)cn1. The zero-order chi connectivity index (χ0) is 13.0. The van der Waals surface area contributed by atoms with Crippen LogP contribution in [-0.4, -0.2) is 15.8 Å². The summed E-state index contributed by atoms with van der Waals surface area (Å²) >= 11 is 1.63. The second kappa shape index (κ2) is 5.68. The van der Waals surface area contributed by atoms with Gasteiger partial charge in [0, 0.05) is 17.6 Å². The first-order valence-corrected chi connectivity index (χ1v) is 6.70. The summed E-state index contributed by atoms with van der Waals surface area (Å²) < 4.78 is 1.76. The van der Waals surface area contributed by atoms with Gasteiger partial charge in [0.25, 0.3) is 0 Å². The van der Waals surface area contributed by atoms with Crippen LogP contribution in [0.3, 0.4) is 0 Å². The van der Waals surface area contributed by atoms with Crippen LogP contribution < -0.4 is 10.6 Å². The predicted octanol–water partition coefficient (Wildman–Crippen LogP) is 2.85. The molecule has 18 heavy (non-hydrogen) atoms. The molecule has 0 aliphatic heterocycles. The van der Waals surface area contributed by atoms with E-state index in [9.17, 15) is 4.79 Å². The molecule has 2 amide bonds. The number of amides is 2. The van der Waals surface area contributed by atoms with E-state index in [0.717, 1.165) is 11.4 Å². The Balaban J connectivity index is 1.88. The summed E-state index contributed by atoms with van der Waals surface area (Å²) in [6.07, 6.45) is 3.44. The number of aryl methyl sites for hydroxylation is 1. The van der Waals surface area contributed by atoms with E-state index in [4.69, 9.17) is 0 Å². The summed E-state index contributed by atoms with van der Waals surface area (Å²) in [7, 11) is 0. The lowest BCUT2D eigenvalue weighted by Crippen LogP contribution is -2.30. The van der Waals surface area contributed by atoms with Crippen molar-refractivity contribution in [2.45, 2.75) is 26.4 Å². The van der Waals surface area contributed by atoms with E-state index in [1.807, 2.05) is 31.4 Å². The van der Waals surface area contributed by atoms with Crippen molar-refractivity contribution in [2.75, 3.05) is 5.32 Å². The number of aromatic nitrogens is 2. The molecular formula is C12H16N4OS. The van der Waals surface area contributed by atoms with Crippen molar-refractivity contribution in [1.82, 2.24) is 15.1 Å². The maximum Gasteiger partial charge on any atom is 0.319 e. The summed E-state index contributed by atoms with van der Waals surface area (Å²) in [5.74, 6) is 0. The van der Waals surface area contributed by atoms with Crippen molar-refractivity contribution in [3.05, 3.63) is 34.8 Å². The number of carbonyl (C=O) groups is 1. The standard InChI is InChI=1S/C12H16N4OS/c1-3-16-8-10(7-13-16)15-12(17)14-9(2)11-5-4-6-18-11/h4-9H,3H2,1-2H3,(H2,14,15,17)/t9-/m1/s1. The molecule has 0 radical (unpaired) electrons. The first-order valence-electron chi connectivity index (χ1n) is 5.82. The molecule has 0 saturated carbocycles. The molecule has 0 aromatic carbocycles. The molecule has 2 N–H and O–H groups in total. The highest BCUT2D eigenvalue weighted by Crippen LogP contribution is 2.18. The maximum absolute atomic E-state index is 11.8. The number of nitrogens with zero attached hydrogens (tertiary/aromatic N) is 2. The first-order chi connectivity index (χ1) is 8.69. The molecule has 2 heterocycles. The second-order valence-electron chi connectivity index (χ2n) is 3.92. The molecule has 0 saturated heterocycles. The van der Waals surface area contributed by atoms with Crippen LogP contribution in [0.2, 0.25) is 0 Å². The molecule has 2 aromatic heterocycles. The summed E-state index contributed by atoms with van der Waals surface area (Å²) in [6, 6.07) is 3.77. The average molecular weight is 264 g/mol. The van der Waals surface area contributed by atoms with Crippen LogP contribution in [0.5, 0.6) is 0 Å². The molecule has 2 aromatic rings. The van der Waals surface area contributed by atoms with E-state index in [1.54, 1.807) is 28.4 Å². The molecule has 0 aliphatic rings. The fourth-order valence-electron chi connectivity index (χ4n) is 1.57. The predicted molar refractivity (Wildman–Crippen MR) is 72.8 cm³/mol. The van der Waals surface area contributed by atoms with Gasteiger partial charge in [0.15, 0.2) is 0 Å². The van der Waals surface area contributed by atoms with Crippen LogP contribution in [0.25, 0.3) is 0 Å². The van der Waals surface area contributed by atoms with Gasteiger partial charge in [-0.15, -0.1) is 11.3 Å². The third-order valence-corrected chi connectivity index (χ3v) is 3.59. The number of rotatable bonds is 4. The van der Waals surface area contributed by atoms with Gasteiger partial charge in [-0.3, -0.25) is 4.68 Å². The maximum atomic E-state index is 11.8. The van der Waals surface area contributed by atoms with Gasteiger partial charge in [0.05, 0.1) is 17.9 Å². The fraction of sp³-hybridized carbons (Fsp3) is 0.333. The summed E-state index contributed by atoms with van der Waals surface area (Å²) in [5, 5.41) is 11.7. The van der Waals surface area contributed by atoms with Gasteiger partial charge in [-0.05, 0) is 25.3 Å². The van der Waals surface area contributed by atoms with Crippen molar-refractivity contribution < 1.29 is 4.79 Å².